The van der Waals surface area contributed by atoms with Crippen LogP contribution in [-0.2, 0) is 4.79 Å². The largest absolute Gasteiger partial charge is 0.326 e. The summed E-state index contributed by atoms with van der Waals surface area (Å²) in [6.07, 6.45) is 2.40. The number of rotatable bonds is 4. The minimum atomic E-state index is -0.0151. The lowest BCUT2D eigenvalue weighted by molar-refractivity contribution is -0.130. The summed E-state index contributed by atoms with van der Waals surface area (Å²) in [4.78, 5) is 14.2. The van der Waals surface area contributed by atoms with Crippen LogP contribution in [0.1, 0.15) is 54.4 Å². The molecule has 17 heavy (non-hydrogen) atoms. The van der Waals surface area contributed by atoms with Crippen LogP contribution >= 0.6 is 0 Å². The minimum Gasteiger partial charge on any atom is -0.326 e. The normalized spacial score (nSPS) is 27.6. The first-order valence-electron chi connectivity index (χ1n) is 6.84. The van der Waals surface area contributed by atoms with Crippen molar-refractivity contribution in [2.24, 2.45) is 11.3 Å². The van der Waals surface area contributed by atoms with Gasteiger partial charge in [0.15, 0.2) is 0 Å². The van der Waals surface area contributed by atoms with E-state index in [2.05, 4.69) is 39.9 Å². The zero-order valence-electron chi connectivity index (χ0n) is 12.2. The van der Waals surface area contributed by atoms with Gasteiger partial charge in [0.05, 0.1) is 12.2 Å². The Morgan fingerprint density at radius 1 is 1.41 bits per heavy atom. The molecular formula is C14H28N2O. The maximum absolute atomic E-state index is 12.1. The van der Waals surface area contributed by atoms with Crippen molar-refractivity contribution in [3.63, 3.8) is 0 Å². The smallest absolute Gasteiger partial charge is 0.240 e. The quantitative estimate of drug-likeness (QED) is 0.819. The van der Waals surface area contributed by atoms with Crippen molar-refractivity contribution in [3.05, 3.63) is 0 Å². The van der Waals surface area contributed by atoms with Crippen LogP contribution in [0, 0.1) is 11.3 Å². The van der Waals surface area contributed by atoms with Crippen molar-refractivity contribution < 1.29 is 4.79 Å². The fraction of sp³-hybridized carbons (Fsp3) is 0.929. The number of hydrogen-bond donors (Lipinski definition) is 1. The van der Waals surface area contributed by atoms with Crippen LogP contribution in [0.15, 0.2) is 0 Å². The Morgan fingerprint density at radius 2 is 2.00 bits per heavy atom. The van der Waals surface area contributed by atoms with E-state index in [-0.39, 0.29) is 23.5 Å². The van der Waals surface area contributed by atoms with Gasteiger partial charge in [-0.15, -0.1) is 0 Å². The summed E-state index contributed by atoms with van der Waals surface area (Å²) in [5.74, 6) is 0.775. The molecule has 3 atom stereocenters. The van der Waals surface area contributed by atoms with Crippen molar-refractivity contribution in [1.29, 1.82) is 0 Å². The Hall–Kier alpha value is -0.570. The molecule has 3 heteroatoms. The van der Waals surface area contributed by atoms with Gasteiger partial charge in [0.2, 0.25) is 5.91 Å². The van der Waals surface area contributed by atoms with Crippen LogP contribution in [0.4, 0.5) is 0 Å². The lowest BCUT2D eigenvalue weighted by Gasteiger charge is -2.33. The average molecular weight is 240 g/mol. The molecule has 1 heterocycles. The van der Waals surface area contributed by atoms with Crippen molar-refractivity contribution >= 4 is 5.91 Å². The second-order valence-corrected chi connectivity index (χ2v) is 6.45. The minimum absolute atomic E-state index is 0.0151. The van der Waals surface area contributed by atoms with E-state index in [1.54, 1.807) is 0 Å². The molecule has 0 saturated carbocycles. The van der Waals surface area contributed by atoms with Gasteiger partial charge in [0, 0.05) is 6.54 Å². The molecule has 3 nitrogen and oxygen atoms in total. The monoisotopic (exact) mass is 240 g/mol. The maximum Gasteiger partial charge on any atom is 0.240 e. The third kappa shape index (κ3) is 3.44. The maximum atomic E-state index is 12.1. The van der Waals surface area contributed by atoms with Crippen molar-refractivity contribution in [2.75, 3.05) is 6.54 Å². The molecule has 0 aromatic rings. The molecule has 1 N–H and O–H groups in total. The Kier molecular flexibility index (Phi) is 4.59. The van der Waals surface area contributed by atoms with E-state index >= 15 is 0 Å². The van der Waals surface area contributed by atoms with Gasteiger partial charge in [0.25, 0.3) is 0 Å². The molecule has 1 aliphatic heterocycles. The molecule has 0 bridgehead atoms. The second-order valence-electron chi connectivity index (χ2n) is 6.45. The van der Waals surface area contributed by atoms with E-state index in [0.717, 1.165) is 19.4 Å². The predicted octanol–water partition coefficient (Wildman–Crippen LogP) is 2.62. The first kappa shape index (κ1) is 14.5. The van der Waals surface area contributed by atoms with E-state index < -0.39 is 0 Å². The second kappa shape index (κ2) is 5.38. The van der Waals surface area contributed by atoms with Crippen LogP contribution in [0.25, 0.3) is 0 Å². The van der Waals surface area contributed by atoms with Crippen molar-refractivity contribution in [1.82, 2.24) is 10.2 Å². The molecule has 1 aliphatic rings. The van der Waals surface area contributed by atoms with Gasteiger partial charge >= 0.3 is 0 Å². The number of carbonyl (C=O) groups is 1. The van der Waals surface area contributed by atoms with Gasteiger partial charge in [0.1, 0.15) is 0 Å². The van der Waals surface area contributed by atoms with E-state index in [1.807, 2.05) is 11.8 Å². The highest BCUT2D eigenvalue weighted by molar-refractivity contribution is 5.83. The summed E-state index contributed by atoms with van der Waals surface area (Å²) in [6, 6.07) is -0.0151. The molecule has 1 rings (SSSR count). The number of hydrogen-bond acceptors (Lipinski definition) is 2. The Morgan fingerprint density at radius 3 is 2.47 bits per heavy atom. The molecule has 0 radical (unpaired) electrons. The SMILES string of the molecule is CCCC1NC(C)C(=O)N1CC(C)C(C)(C)C. The molecule has 1 saturated heterocycles. The number of nitrogens with zero attached hydrogens (tertiary/aromatic N) is 1. The van der Waals surface area contributed by atoms with Gasteiger partial charge in [-0.1, -0.05) is 41.0 Å². The fourth-order valence-corrected chi connectivity index (χ4v) is 2.15. The molecule has 0 aromatic carbocycles. The molecular weight excluding hydrogens is 212 g/mol. The van der Waals surface area contributed by atoms with Gasteiger partial charge in [-0.25, -0.2) is 0 Å². The van der Waals surface area contributed by atoms with Gasteiger partial charge in [-0.3, -0.25) is 10.1 Å². The Bertz CT molecular complexity index is 270. The first-order valence-corrected chi connectivity index (χ1v) is 6.84. The Labute approximate surface area is 106 Å². The number of carbonyl (C=O) groups excluding carboxylic acids is 1. The van der Waals surface area contributed by atoms with Gasteiger partial charge in [-0.05, 0) is 24.7 Å². The lowest BCUT2D eigenvalue weighted by Crippen LogP contribution is -2.42. The highest BCUT2D eigenvalue weighted by Gasteiger charge is 2.37. The highest BCUT2D eigenvalue weighted by Crippen LogP contribution is 2.28. The van der Waals surface area contributed by atoms with E-state index in [1.165, 1.54) is 0 Å². The van der Waals surface area contributed by atoms with Gasteiger partial charge in [-0.2, -0.15) is 0 Å². The van der Waals surface area contributed by atoms with Crippen molar-refractivity contribution in [2.45, 2.75) is 66.6 Å². The molecule has 0 spiro atoms. The summed E-state index contributed by atoms with van der Waals surface area (Å²) >= 11 is 0. The summed E-state index contributed by atoms with van der Waals surface area (Å²) in [7, 11) is 0. The summed E-state index contributed by atoms with van der Waals surface area (Å²) in [5, 5.41) is 3.39. The van der Waals surface area contributed by atoms with Crippen LogP contribution in [0.5, 0.6) is 0 Å². The molecule has 0 aliphatic carbocycles. The standard InChI is InChI=1S/C14H28N2O/c1-7-8-12-15-11(3)13(17)16(12)9-10(2)14(4,5)6/h10-12,15H,7-9H2,1-6H3. The highest BCUT2D eigenvalue weighted by atomic mass is 16.2. The predicted molar refractivity (Wildman–Crippen MR) is 71.6 cm³/mol. The summed E-state index contributed by atoms with van der Waals surface area (Å²) < 4.78 is 0. The topological polar surface area (TPSA) is 32.3 Å². The van der Waals surface area contributed by atoms with Crippen LogP contribution in [0.3, 0.4) is 0 Å². The molecule has 1 amide bonds. The number of amides is 1. The number of nitrogens with one attached hydrogen (secondary N) is 1. The van der Waals surface area contributed by atoms with Gasteiger partial charge < -0.3 is 4.90 Å². The lowest BCUT2D eigenvalue weighted by atomic mass is 9.81. The van der Waals surface area contributed by atoms with Crippen LogP contribution < -0.4 is 5.32 Å². The van der Waals surface area contributed by atoms with Crippen LogP contribution in [-0.4, -0.2) is 29.6 Å². The zero-order valence-corrected chi connectivity index (χ0v) is 12.2. The zero-order chi connectivity index (χ0) is 13.2. The molecule has 1 fully saturated rings. The van der Waals surface area contributed by atoms with Crippen LogP contribution in [0.2, 0.25) is 0 Å². The average Bonchev–Trinajstić information content (AvgIpc) is 2.45. The Balaban J connectivity index is 2.69. The fourth-order valence-electron chi connectivity index (χ4n) is 2.15. The van der Waals surface area contributed by atoms with E-state index in [0.29, 0.717) is 5.92 Å². The molecule has 0 aromatic heterocycles. The summed E-state index contributed by atoms with van der Waals surface area (Å²) in [5.41, 5.74) is 0.253. The third-order valence-electron chi connectivity index (χ3n) is 3.98. The summed E-state index contributed by atoms with van der Waals surface area (Å²) in [6.45, 7) is 14.0. The molecule has 3 unspecified atom stereocenters. The molecule has 100 valence electrons. The van der Waals surface area contributed by atoms with Crippen molar-refractivity contribution in [3.8, 4) is 0 Å². The van der Waals surface area contributed by atoms with E-state index in [9.17, 15) is 4.79 Å². The third-order valence-corrected chi connectivity index (χ3v) is 3.98. The van der Waals surface area contributed by atoms with E-state index in [4.69, 9.17) is 0 Å². The first-order chi connectivity index (χ1) is 7.77.